The molecule has 4 nitrogen and oxygen atoms in total. The Kier molecular flexibility index (Phi) is 5.85. The van der Waals surface area contributed by atoms with Gasteiger partial charge in [-0.25, -0.2) is 0 Å². The molecular weight excluding hydrogens is 298 g/mol. The smallest absolute Gasteiger partial charge is 0.306 e. The minimum Gasteiger partial charge on any atom is -0.456 e. The summed E-state index contributed by atoms with van der Waals surface area (Å²) in [4.78, 5) is 22.6. The van der Waals surface area contributed by atoms with E-state index in [0.29, 0.717) is 18.5 Å². The van der Waals surface area contributed by atoms with Gasteiger partial charge in [-0.2, -0.15) is 0 Å². The molecule has 0 heterocycles. The molecule has 0 saturated heterocycles. The Morgan fingerprint density at radius 2 is 2.11 bits per heavy atom. The Bertz CT molecular complexity index is 446. The standard InChI is InChI=1S/C13H16BrNO3/c1-3-4-13(17)18-8-12(16)15-10-5-6-11(14)9(2)7-10/h5-7H,3-4,8H2,1-2H3,(H,15,16). The molecule has 1 N–H and O–H groups in total. The predicted molar refractivity (Wildman–Crippen MR) is 73.4 cm³/mol. The number of halogens is 1. The fraction of sp³-hybridized carbons (Fsp3) is 0.385. The van der Waals surface area contributed by atoms with E-state index in [9.17, 15) is 9.59 Å². The van der Waals surface area contributed by atoms with E-state index in [-0.39, 0.29) is 18.5 Å². The van der Waals surface area contributed by atoms with Crippen LogP contribution in [0.3, 0.4) is 0 Å². The maximum Gasteiger partial charge on any atom is 0.306 e. The number of carbonyl (C=O) groups excluding carboxylic acids is 2. The van der Waals surface area contributed by atoms with E-state index >= 15 is 0 Å². The van der Waals surface area contributed by atoms with E-state index in [1.54, 1.807) is 6.07 Å². The number of nitrogens with one attached hydrogen (secondary N) is 1. The summed E-state index contributed by atoms with van der Waals surface area (Å²) in [5.41, 5.74) is 1.71. The Hall–Kier alpha value is -1.36. The lowest BCUT2D eigenvalue weighted by Crippen LogP contribution is -2.20. The summed E-state index contributed by atoms with van der Waals surface area (Å²) in [6.07, 6.45) is 1.05. The highest BCUT2D eigenvalue weighted by Crippen LogP contribution is 2.19. The number of esters is 1. The Morgan fingerprint density at radius 1 is 1.39 bits per heavy atom. The van der Waals surface area contributed by atoms with Crippen LogP contribution in [0.15, 0.2) is 22.7 Å². The van der Waals surface area contributed by atoms with Crippen LogP contribution in [0.5, 0.6) is 0 Å². The highest BCUT2D eigenvalue weighted by atomic mass is 79.9. The summed E-state index contributed by atoms with van der Waals surface area (Å²) in [5, 5.41) is 2.67. The Morgan fingerprint density at radius 3 is 2.72 bits per heavy atom. The molecule has 1 aromatic carbocycles. The number of amides is 1. The second-order valence-corrected chi connectivity index (χ2v) is 4.78. The van der Waals surface area contributed by atoms with Crippen LogP contribution in [0.1, 0.15) is 25.3 Å². The number of hydrogen-bond donors (Lipinski definition) is 1. The van der Waals surface area contributed by atoms with Crippen molar-refractivity contribution < 1.29 is 14.3 Å². The molecule has 0 aliphatic heterocycles. The lowest BCUT2D eigenvalue weighted by Gasteiger charge is -2.07. The summed E-state index contributed by atoms with van der Waals surface area (Å²) in [5.74, 6) is -0.680. The van der Waals surface area contributed by atoms with Gasteiger partial charge in [0, 0.05) is 16.6 Å². The monoisotopic (exact) mass is 313 g/mol. The molecule has 0 aromatic heterocycles. The van der Waals surface area contributed by atoms with Gasteiger partial charge in [0.25, 0.3) is 5.91 Å². The normalized spacial score (nSPS) is 9.94. The van der Waals surface area contributed by atoms with Crippen LogP contribution in [0, 0.1) is 6.92 Å². The van der Waals surface area contributed by atoms with Gasteiger partial charge in [0.15, 0.2) is 6.61 Å². The Labute approximate surface area is 115 Å². The lowest BCUT2D eigenvalue weighted by molar-refractivity contribution is -0.147. The molecule has 0 unspecified atom stereocenters. The van der Waals surface area contributed by atoms with Crippen molar-refractivity contribution in [2.45, 2.75) is 26.7 Å². The third kappa shape index (κ3) is 4.87. The predicted octanol–water partition coefficient (Wildman–Crippen LogP) is 3.04. The van der Waals surface area contributed by atoms with Crippen molar-refractivity contribution in [2.24, 2.45) is 0 Å². The van der Waals surface area contributed by atoms with Crippen LogP contribution in [0.25, 0.3) is 0 Å². The molecule has 18 heavy (non-hydrogen) atoms. The van der Waals surface area contributed by atoms with E-state index in [2.05, 4.69) is 21.2 Å². The van der Waals surface area contributed by atoms with Crippen molar-refractivity contribution in [3.8, 4) is 0 Å². The van der Waals surface area contributed by atoms with Gasteiger partial charge in [-0.3, -0.25) is 9.59 Å². The molecule has 0 aliphatic carbocycles. The van der Waals surface area contributed by atoms with Crippen molar-refractivity contribution in [3.05, 3.63) is 28.2 Å². The van der Waals surface area contributed by atoms with Crippen molar-refractivity contribution in [2.75, 3.05) is 11.9 Å². The zero-order valence-corrected chi connectivity index (χ0v) is 12.0. The summed E-state index contributed by atoms with van der Waals surface area (Å²) >= 11 is 3.38. The second-order valence-electron chi connectivity index (χ2n) is 3.92. The SMILES string of the molecule is CCCC(=O)OCC(=O)Nc1ccc(Br)c(C)c1. The third-order valence-corrected chi connectivity index (χ3v) is 3.15. The van der Waals surface area contributed by atoms with E-state index < -0.39 is 0 Å². The fourth-order valence-electron chi connectivity index (χ4n) is 1.34. The zero-order chi connectivity index (χ0) is 13.5. The first-order valence-electron chi connectivity index (χ1n) is 5.74. The van der Waals surface area contributed by atoms with Gasteiger partial charge in [0.1, 0.15) is 0 Å². The van der Waals surface area contributed by atoms with Crippen LogP contribution in [-0.4, -0.2) is 18.5 Å². The van der Waals surface area contributed by atoms with Gasteiger partial charge in [0.2, 0.25) is 0 Å². The van der Waals surface area contributed by atoms with Crippen molar-refractivity contribution in [3.63, 3.8) is 0 Å². The maximum absolute atomic E-state index is 11.5. The third-order valence-electron chi connectivity index (χ3n) is 2.26. The van der Waals surface area contributed by atoms with Crippen LogP contribution in [-0.2, 0) is 14.3 Å². The zero-order valence-electron chi connectivity index (χ0n) is 10.5. The summed E-state index contributed by atoms with van der Waals surface area (Å²) in [6, 6.07) is 5.48. The average Bonchev–Trinajstić information content (AvgIpc) is 2.32. The molecule has 5 heteroatoms. The van der Waals surface area contributed by atoms with Crippen molar-refractivity contribution in [1.82, 2.24) is 0 Å². The highest BCUT2D eigenvalue weighted by molar-refractivity contribution is 9.10. The molecule has 1 aromatic rings. The van der Waals surface area contributed by atoms with Gasteiger partial charge >= 0.3 is 5.97 Å². The molecule has 0 atom stereocenters. The van der Waals surface area contributed by atoms with Gasteiger partial charge in [-0.1, -0.05) is 22.9 Å². The van der Waals surface area contributed by atoms with Gasteiger partial charge < -0.3 is 10.1 Å². The van der Waals surface area contributed by atoms with Crippen LogP contribution in [0.2, 0.25) is 0 Å². The van der Waals surface area contributed by atoms with Gasteiger partial charge in [-0.05, 0) is 37.1 Å². The molecule has 0 aliphatic rings. The van der Waals surface area contributed by atoms with Crippen molar-refractivity contribution >= 4 is 33.5 Å². The first kappa shape index (κ1) is 14.7. The molecule has 98 valence electrons. The summed E-state index contributed by atoms with van der Waals surface area (Å²) in [6.45, 7) is 3.57. The van der Waals surface area contributed by atoms with Crippen LogP contribution >= 0.6 is 15.9 Å². The number of aryl methyl sites for hydroxylation is 1. The maximum atomic E-state index is 11.5. The number of hydrogen-bond acceptors (Lipinski definition) is 3. The Balaban J connectivity index is 2.44. The number of carbonyl (C=O) groups is 2. The van der Waals surface area contributed by atoms with Crippen molar-refractivity contribution in [1.29, 1.82) is 0 Å². The van der Waals surface area contributed by atoms with E-state index in [0.717, 1.165) is 10.0 Å². The largest absolute Gasteiger partial charge is 0.456 e. The molecule has 0 saturated carbocycles. The molecule has 0 bridgehead atoms. The average molecular weight is 314 g/mol. The topological polar surface area (TPSA) is 55.4 Å². The number of ether oxygens (including phenoxy) is 1. The quantitative estimate of drug-likeness (QED) is 0.850. The first-order valence-corrected chi connectivity index (χ1v) is 6.54. The number of anilines is 1. The van der Waals surface area contributed by atoms with Crippen LogP contribution in [0.4, 0.5) is 5.69 Å². The highest BCUT2D eigenvalue weighted by Gasteiger charge is 2.07. The molecular formula is C13H16BrNO3. The molecule has 0 fully saturated rings. The molecule has 1 rings (SSSR count). The minimum absolute atomic E-state index is 0.242. The van der Waals surface area contributed by atoms with Crippen LogP contribution < -0.4 is 5.32 Å². The van der Waals surface area contributed by atoms with E-state index in [1.807, 2.05) is 26.0 Å². The fourth-order valence-corrected chi connectivity index (χ4v) is 1.59. The molecule has 0 radical (unpaired) electrons. The molecule has 1 amide bonds. The number of rotatable bonds is 5. The molecule has 0 spiro atoms. The summed E-state index contributed by atoms with van der Waals surface area (Å²) in [7, 11) is 0. The lowest BCUT2D eigenvalue weighted by atomic mass is 10.2. The van der Waals surface area contributed by atoms with Gasteiger partial charge in [-0.15, -0.1) is 0 Å². The minimum atomic E-state index is -0.348. The van der Waals surface area contributed by atoms with Gasteiger partial charge in [0.05, 0.1) is 0 Å². The second kappa shape index (κ2) is 7.16. The van der Waals surface area contributed by atoms with E-state index in [4.69, 9.17) is 4.74 Å². The first-order chi connectivity index (χ1) is 8.52. The van der Waals surface area contributed by atoms with E-state index in [1.165, 1.54) is 0 Å². The number of benzene rings is 1. The summed E-state index contributed by atoms with van der Waals surface area (Å²) < 4.78 is 5.79.